The maximum absolute atomic E-state index is 13.0. The lowest BCUT2D eigenvalue weighted by Gasteiger charge is -2.23. The van der Waals surface area contributed by atoms with Gasteiger partial charge in [-0.25, -0.2) is 0 Å². The Kier molecular flexibility index (Phi) is 71.6. The van der Waals surface area contributed by atoms with Crippen molar-refractivity contribution in [3.05, 3.63) is 0 Å². The molecule has 3 unspecified atom stereocenters. The highest BCUT2D eigenvalue weighted by molar-refractivity contribution is 9.10. The predicted octanol–water partition coefficient (Wildman–Crippen LogP) is 23.5. The lowest BCUT2D eigenvalue weighted by molar-refractivity contribution is -0.144. The van der Waals surface area contributed by atoms with Gasteiger partial charge in [0.15, 0.2) is 0 Å². The second kappa shape index (κ2) is 70.4. The van der Waals surface area contributed by atoms with Gasteiger partial charge in [-0.1, -0.05) is 299 Å². The topological polar surface area (TPSA) is 85.4 Å². The highest BCUT2D eigenvalue weighted by atomic mass is 33.5. The first-order valence-corrected chi connectivity index (χ1v) is 46.3. The first-order valence-electron chi connectivity index (χ1n) is 34.8. The molecule has 0 aromatic carbocycles. The summed E-state index contributed by atoms with van der Waals surface area (Å²) in [4.78, 5) is 43.2. The molecule has 0 aliphatic heterocycles. The fourth-order valence-corrected chi connectivity index (χ4v) is 22.2. The highest BCUT2D eigenvalue weighted by Gasteiger charge is 2.16. The van der Waals surface area contributed by atoms with E-state index in [4.69, 9.17) is 14.2 Å². The molecule has 0 aliphatic rings. The smallest absolute Gasteiger partial charge is 0.307 e. The van der Waals surface area contributed by atoms with E-state index in [-0.39, 0.29) is 17.9 Å². The van der Waals surface area contributed by atoms with Gasteiger partial charge >= 0.3 is 17.9 Å². The number of nitrogens with zero attached hydrogens (tertiary/aromatic N) is 2. The Bertz CT molecular complexity index is 1320. The maximum atomic E-state index is 13.0. The third kappa shape index (κ3) is 63.6. The van der Waals surface area contributed by atoms with Gasteiger partial charge in [-0.2, -0.15) is 0 Å². The van der Waals surface area contributed by atoms with Crippen molar-refractivity contribution >= 4 is 112 Å². The molecule has 0 N–H and O–H groups in total. The van der Waals surface area contributed by atoms with Crippen LogP contribution in [0.1, 0.15) is 298 Å². The summed E-state index contributed by atoms with van der Waals surface area (Å²) in [7, 11) is 19.0. The molecule has 0 amide bonds. The number of carbonyl (C=O) groups excluding carboxylic acids is 3. The average Bonchev–Trinajstić information content (AvgIpc) is 3.49. The summed E-state index contributed by atoms with van der Waals surface area (Å²) in [6.45, 7) is 18.3. The molecule has 0 fully saturated rings. The van der Waals surface area contributed by atoms with Gasteiger partial charge in [0.1, 0.15) is 19.8 Å². The standard InChI is InChI=1S/C67H132N2O6S9/c1-8-14-20-26-29-35-42-62(39-32-23-17-11-4)59-79-82-76-56-53-73-65(70)45-50-68(7)48-38-49-69(51-46-66(71)74-54-57-77-83-80-60-63(40-33-24-18-12-5)43-36-30-27-21-15-9-2)52-47-67(72)75-55-58-78-84-81-61-64(41-34-25-19-13-6)44-37-31-28-22-16-10-3/h62-64H,8-61H2,1-7H3. The monoisotopic (exact) mass is 1350 g/mol. The van der Waals surface area contributed by atoms with E-state index in [1.807, 2.05) is 72.7 Å². The number of unbranched alkanes of at least 4 members (excludes halogenated alkanes) is 24. The third-order valence-corrected chi connectivity index (χ3v) is 28.8. The zero-order valence-electron chi connectivity index (χ0n) is 55.4. The highest BCUT2D eigenvalue weighted by Crippen LogP contribution is 2.40. The normalized spacial score (nSPS) is 12.8. The van der Waals surface area contributed by atoms with Crippen molar-refractivity contribution in [1.82, 2.24) is 9.80 Å². The van der Waals surface area contributed by atoms with E-state index in [1.54, 1.807) is 21.6 Å². The van der Waals surface area contributed by atoms with Crippen LogP contribution in [0.25, 0.3) is 0 Å². The van der Waals surface area contributed by atoms with Crippen LogP contribution in [0, 0.1) is 17.8 Å². The van der Waals surface area contributed by atoms with Crippen molar-refractivity contribution in [2.24, 2.45) is 17.8 Å². The minimum Gasteiger partial charge on any atom is -0.465 e. The van der Waals surface area contributed by atoms with Crippen molar-refractivity contribution in [3.63, 3.8) is 0 Å². The third-order valence-electron chi connectivity index (χ3n) is 15.8. The fraction of sp³-hybridized carbons (Fsp3) is 0.955. The summed E-state index contributed by atoms with van der Waals surface area (Å²) in [6.07, 6.45) is 50.6. The predicted molar refractivity (Wildman–Crippen MR) is 394 cm³/mol. The lowest BCUT2D eigenvalue weighted by atomic mass is 9.96. The van der Waals surface area contributed by atoms with Crippen LogP contribution in [0.2, 0.25) is 0 Å². The molecular formula is C67H132N2O6S9. The zero-order valence-corrected chi connectivity index (χ0v) is 62.8. The molecule has 0 aromatic rings. The molecule has 3 atom stereocenters. The first kappa shape index (κ1) is 85.5. The van der Waals surface area contributed by atoms with Crippen LogP contribution >= 0.6 is 94.2 Å². The molecular weight excluding hydrogens is 1220 g/mol. The van der Waals surface area contributed by atoms with E-state index in [0.717, 1.165) is 54.5 Å². The second-order valence-electron chi connectivity index (χ2n) is 23.7. The van der Waals surface area contributed by atoms with E-state index in [1.165, 1.54) is 248 Å². The summed E-state index contributed by atoms with van der Waals surface area (Å²) >= 11 is 0. The summed E-state index contributed by atoms with van der Waals surface area (Å²) in [5.41, 5.74) is 0. The molecule has 0 radical (unpaired) electrons. The molecule has 500 valence electrons. The van der Waals surface area contributed by atoms with Crippen molar-refractivity contribution in [2.75, 3.05) is 94.1 Å². The Morgan fingerprint density at radius 3 is 0.869 bits per heavy atom. The lowest BCUT2D eigenvalue weighted by Crippen LogP contribution is -2.33. The van der Waals surface area contributed by atoms with Gasteiger partial charge in [-0.05, 0) is 112 Å². The van der Waals surface area contributed by atoms with E-state index in [0.29, 0.717) is 58.7 Å². The minimum atomic E-state index is -0.184. The van der Waals surface area contributed by atoms with Crippen molar-refractivity contribution in [2.45, 2.75) is 298 Å². The average molecular weight is 1350 g/mol. The quantitative estimate of drug-likeness (QED) is 0.0250. The molecule has 0 saturated carbocycles. The van der Waals surface area contributed by atoms with E-state index < -0.39 is 0 Å². The molecule has 0 aromatic heterocycles. The van der Waals surface area contributed by atoms with Crippen molar-refractivity contribution in [1.29, 1.82) is 0 Å². The maximum Gasteiger partial charge on any atom is 0.307 e. The van der Waals surface area contributed by atoms with E-state index >= 15 is 0 Å². The Balaban J connectivity index is 4.95. The molecule has 0 spiro atoms. The van der Waals surface area contributed by atoms with Gasteiger partial charge in [0.25, 0.3) is 0 Å². The molecule has 17 heteroatoms. The minimum absolute atomic E-state index is 0.141. The first-order chi connectivity index (χ1) is 41.2. The van der Waals surface area contributed by atoms with E-state index in [2.05, 4.69) is 58.4 Å². The molecule has 0 aliphatic carbocycles. The SMILES string of the molecule is CCCCCCCCC(CCCCCC)CSSSCCOC(=O)CCN(C)CCCN(CCC(=O)OCCSSSCC(CCCCCC)CCCCCCCC)CCC(=O)OCCSSSCC(CCCCCC)CCCCCCCC. The largest absolute Gasteiger partial charge is 0.465 e. The van der Waals surface area contributed by atoms with Gasteiger partial charge in [0, 0.05) is 54.2 Å². The molecule has 8 nitrogen and oxygen atoms in total. The van der Waals surface area contributed by atoms with Crippen LogP contribution in [0.4, 0.5) is 0 Å². The summed E-state index contributed by atoms with van der Waals surface area (Å²) < 4.78 is 17.1. The van der Waals surface area contributed by atoms with E-state index in [9.17, 15) is 14.4 Å². The van der Waals surface area contributed by atoms with Gasteiger partial charge in [-0.15, -0.1) is 0 Å². The van der Waals surface area contributed by atoms with Crippen LogP contribution in [0.5, 0.6) is 0 Å². The second-order valence-corrected chi connectivity index (χ2v) is 36.9. The molecule has 84 heavy (non-hydrogen) atoms. The fourth-order valence-electron chi connectivity index (χ4n) is 10.3. The summed E-state index contributed by atoms with van der Waals surface area (Å²) in [5.74, 6) is 7.91. The Morgan fingerprint density at radius 1 is 0.310 bits per heavy atom. The van der Waals surface area contributed by atoms with Gasteiger partial charge in [0.05, 0.1) is 19.3 Å². The van der Waals surface area contributed by atoms with Crippen LogP contribution in [0.15, 0.2) is 0 Å². The number of esters is 3. The van der Waals surface area contributed by atoms with Crippen molar-refractivity contribution in [3.8, 4) is 0 Å². The van der Waals surface area contributed by atoms with Gasteiger partial charge < -0.3 is 24.0 Å². The van der Waals surface area contributed by atoms with Crippen LogP contribution in [-0.2, 0) is 28.6 Å². The molecule has 0 heterocycles. The number of hydrogen-bond acceptors (Lipinski definition) is 17. The molecule has 0 saturated heterocycles. The van der Waals surface area contributed by atoms with Crippen LogP contribution in [0.3, 0.4) is 0 Å². The Morgan fingerprint density at radius 2 is 0.571 bits per heavy atom. The summed E-state index contributed by atoms with van der Waals surface area (Å²) in [6, 6.07) is 0. The molecule has 0 rings (SSSR count). The number of rotatable bonds is 70. The zero-order chi connectivity index (χ0) is 61.3. The number of ether oxygens (including phenoxy) is 3. The Hall–Kier alpha value is 1.48. The van der Waals surface area contributed by atoms with Crippen LogP contribution < -0.4 is 0 Å². The number of carbonyl (C=O) groups is 3. The Labute approximate surface area is 556 Å². The van der Waals surface area contributed by atoms with Crippen LogP contribution in [-0.4, -0.2) is 122 Å². The number of hydrogen-bond donors (Lipinski definition) is 0. The van der Waals surface area contributed by atoms with Gasteiger partial charge in [0.2, 0.25) is 0 Å². The molecule has 0 bridgehead atoms. The van der Waals surface area contributed by atoms with Crippen molar-refractivity contribution < 1.29 is 28.6 Å². The van der Waals surface area contributed by atoms with Gasteiger partial charge in [-0.3, -0.25) is 14.4 Å². The summed E-state index contributed by atoms with van der Waals surface area (Å²) in [5, 5.41) is 0.